The molecule has 1 N–H and O–H groups in total. The average molecular weight is 379 g/mol. The minimum absolute atomic E-state index is 0.0377. The van der Waals surface area contributed by atoms with E-state index in [1.807, 2.05) is 43.3 Å². The van der Waals surface area contributed by atoms with E-state index >= 15 is 0 Å². The second-order valence-corrected chi connectivity index (χ2v) is 8.08. The van der Waals surface area contributed by atoms with Gasteiger partial charge in [0, 0.05) is 16.5 Å². The summed E-state index contributed by atoms with van der Waals surface area (Å²) in [6.45, 7) is 4.59. The van der Waals surface area contributed by atoms with Crippen LogP contribution in [0.5, 0.6) is 0 Å². The molecule has 134 valence electrons. The molecule has 0 spiro atoms. The van der Waals surface area contributed by atoms with Crippen LogP contribution in [0.1, 0.15) is 31.6 Å². The summed E-state index contributed by atoms with van der Waals surface area (Å²) >= 11 is 7.44. The van der Waals surface area contributed by atoms with Gasteiger partial charge in [-0.2, -0.15) is 0 Å². The van der Waals surface area contributed by atoms with Crippen molar-refractivity contribution < 1.29 is 9.21 Å². The molecule has 0 saturated carbocycles. The van der Waals surface area contributed by atoms with Gasteiger partial charge >= 0.3 is 0 Å². The molecule has 3 rings (SSSR count). The van der Waals surface area contributed by atoms with Crippen LogP contribution >= 0.6 is 23.4 Å². The molecule has 2 atom stereocenters. The topological polar surface area (TPSA) is 45.5 Å². The number of amides is 1. The van der Waals surface area contributed by atoms with Crippen LogP contribution in [-0.2, 0) is 4.79 Å². The number of rotatable bonds is 7. The monoisotopic (exact) mass is 378 g/mol. The lowest BCUT2D eigenvalue weighted by Crippen LogP contribution is -2.39. The van der Waals surface area contributed by atoms with Crippen LogP contribution in [-0.4, -0.2) is 35.7 Å². The van der Waals surface area contributed by atoms with Crippen molar-refractivity contribution in [2.24, 2.45) is 0 Å². The predicted molar refractivity (Wildman–Crippen MR) is 102 cm³/mol. The van der Waals surface area contributed by atoms with Crippen molar-refractivity contribution in [2.75, 3.05) is 19.6 Å². The molecule has 0 bridgehead atoms. The van der Waals surface area contributed by atoms with Crippen LogP contribution in [0.2, 0.25) is 5.02 Å². The van der Waals surface area contributed by atoms with Gasteiger partial charge in [0.05, 0.1) is 17.6 Å². The first-order chi connectivity index (χ1) is 12.1. The Morgan fingerprint density at radius 1 is 1.28 bits per heavy atom. The molecule has 1 aliphatic rings. The van der Waals surface area contributed by atoms with Crippen LogP contribution in [0, 0.1) is 0 Å². The predicted octanol–water partition coefficient (Wildman–Crippen LogP) is 4.37. The molecule has 25 heavy (non-hydrogen) atoms. The van der Waals surface area contributed by atoms with Gasteiger partial charge in [-0.1, -0.05) is 11.6 Å². The van der Waals surface area contributed by atoms with Crippen molar-refractivity contribution in [3.63, 3.8) is 0 Å². The number of hydrogen-bond donors (Lipinski definition) is 1. The normalized spacial score (nSPS) is 17.4. The molecular formula is C19H23ClN2O2S. The molecule has 0 radical (unpaired) electrons. The molecule has 1 aromatic heterocycles. The summed E-state index contributed by atoms with van der Waals surface area (Å²) in [6.07, 6.45) is 4.10. The Balaban J connectivity index is 1.56. The highest BCUT2D eigenvalue weighted by Crippen LogP contribution is 2.27. The number of nitrogens with zero attached hydrogens (tertiary/aromatic N) is 1. The fraction of sp³-hybridized carbons (Fsp3) is 0.421. The lowest BCUT2D eigenvalue weighted by Gasteiger charge is -2.26. The molecule has 0 aliphatic carbocycles. The number of likely N-dealkylation sites (tertiary alicyclic amines) is 1. The smallest absolute Gasteiger partial charge is 0.233 e. The lowest BCUT2D eigenvalue weighted by molar-refractivity contribution is -0.120. The first-order valence-corrected chi connectivity index (χ1v) is 9.86. The van der Waals surface area contributed by atoms with E-state index in [0.29, 0.717) is 11.6 Å². The molecule has 1 fully saturated rings. The van der Waals surface area contributed by atoms with Crippen molar-refractivity contribution in [3.05, 3.63) is 53.4 Å². The van der Waals surface area contributed by atoms with E-state index in [1.165, 1.54) is 24.6 Å². The maximum atomic E-state index is 12.5. The van der Waals surface area contributed by atoms with Gasteiger partial charge in [0.15, 0.2) is 0 Å². The van der Waals surface area contributed by atoms with Gasteiger partial charge in [-0.15, -0.1) is 11.8 Å². The standard InChI is InChI=1S/C19H23ClN2O2S/c1-14(25-16-8-6-15(20)7-9-16)19(23)21-13-17(18-5-4-12-24-18)22-10-2-3-11-22/h4-9,12,14,17H,2-3,10-11,13H2,1H3,(H,21,23)/t14-,17-/m0/s1. The average Bonchev–Trinajstić information content (AvgIpc) is 3.31. The van der Waals surface area contributed by atoms with Gasteiger partial charge in [0.1, 0.15) is 5.76 Å². The molecule has 2 aromatic rings. The minimum atomic E-state index is -0.169. The summed E-state index contributed by atoms with van der Waals surface area (Å²) in [5, 5.41) is 3.62. The number of furan rings is 1. The van der Waals surface area contributed by atoms with E-state index < -0.39 is 0 Å². The van der Waals surface area contributed by atoms with Gasteiger partial charge < -0.3 is 9.73 Å². The van der Waals surface area contributed by atoms with Crippen molar-refractivity contribution in [1.29, 1.82) is 0 Å². The number of carbonyl (C=O) groups excluding carboxylic acids is 1. The Morgan fingerprint density at radius 2 is 2.00 bits per heavy atom. The summed E-state index contributed by atoms with van der Waals surface area (Å²) in [4.78, 5) is 15.9. The van der Waals surface area contributed by atoms with E-state index in [1.54, 1.807) is 6.26 Å². The van der Waals surface area contributed by atoms with E-state index in [0.717, 1.165) is 23.7 Å². The van der Waals surface area contributed by atoms with Crippen LogP contribution in [0.15, 0.2) is 52.0 Å². The number of benzene rings is 1. The highest BCUT2D eigenvalue weighted by atomic mass is 35.5. The van der Waals surface area contributed by atoms with Crippen LogP contribution < -0.4 is 5.32 Å². The summed E-state index contributed by atoms with van der Waals surface area (Å²) in [5.41, 5.74) is 0. The molecular weight excluding hydrogens is 356 g/mol. The van der Waals surface area contributed by atoms with Crippen LogP contribution in [0.4, 0.5) is 0 Å². The molecule has 1 amide bonds. The zero-order chi connectivity index (χ0) is 17.6. The van der Waals surface area contributed by atoms with Gasteiger partial charge in [-0.05, 0) is 69.3 Å². The molecule has 0 unspecified atom stereocenters. The van der Waals surface area contributed by atoms with Crippen molar-refractivity contribution in [3.8, 4) is 0 Å². The number of halogens is 1. The number of nitrogens with one attached hydrogen (secondary N) is 1. The van der Waals surface area contributed by atoms with Crippen LogP contribution in [0.25, 0.3) is 0 Å². The molecule has 2 heterocycles. The molecule has 4 nitrogen and oxygen atoms in total. The molecule has 1 aromatic carbocycles. The third-order valence-corrected chi connectivity index (χ3v) is 5.78. The largest absolute Gasteiger partial charge is 0.468 e. The zero-order valence-electron chi connectivity index (χ0n) is 14.3. The highest BCUT2D eigenvalue weighted by molar-refractivity contribution is 8.00. The quantitative estimate of drug-likeness (QED) is 0.727. The Morgan fingerprint density at radius 3 is 2.64 bits per heavy atom. The van der Waals surface area contributed by atoms with Crippen molar-refractivity contribution in [2.45, 2.75) is 36.0 Å². The zero-order valence-corrected chi connectivity index (χ0v) is 15.9. The highest BCUT2D eigenvalue weighted by Gasteiger charge is 2.26. The molecule has 1 aliphatic heterocycles. The third kappa shape index (κ3) is 5.03. The van der Waals surface area contributed by atoms with Crippen LogP contribution in [0.3, 0.4) is 0 Å². The lowest BCUT2D eigenvalue weighted by atomic mass is 10.2. The number of thioether (sulfide) groups is 1. The second-order valence-electron chi connectivity index (χ2n) is 6.23. The summed E-state index contributed by atoms with van der Waals surface area (Å²) in [6, 6.07) is 11.6. The van der Waals surface area contributed by atoms with E-state index in [4.69, 9.17) is 16.0 Å². The Hall–Kier alpha value is -1.43. The molecule has 1 saturated heterocycles. The van der Waals surface area contributed by atoms with Gasteiger partial charge in [-0.25, -0.2) is 0 Å². The fourth-order valence-corrected chi connectivity index (χ4v) is 4.07. The van der Waals surface area contributed by atoms with Crippen molar-refractivity contribution in [1.82, 2.24) is 10.2 Å². The number of carbonyl (C=O) groups is 1. The SMILES string of the molecule is C[C@H](Sc1ccc(Cl)cc1)C(=O)NC[C@@H](c1ccco1)N1CCCC1. The van der Waals surface area contributed by atoms with Gasteiger partial charge in [0.25, 0.3) is 0 Å². The molecule has 6 heteroatoms. The summed E-state index contributed by atoms with van der Waals surface area (Å²) in [5.74, 6) is 0.955. The maximum Gasteiger partial charge on any atom is 0.233 e. The Labute approximate surface area is 157 Å². The summed E-state index contributed by atoms with van der Waals surface area (Å²) in [7, 11) is 0. The van der Waals surface area contributed by atoms with E-state index in [9.17, 15) is 4.79 Å². The van der Waals surface area contributed by atoms with E-state index in [2.05, 4.69) is 10.2 Å². The maximum absolute atomic E-state index is 12.5. The van der Waals surface area contributed by atoms with Gasteiger partial charge in [0.2, 0.25) is 5.91 Å². The van der Waals surface area contributed by atoms with Crippen molar-refractivity contribution >= 4 is 29.3 Å². The van der Waals surface area contributed by atoms with Gasteiger partial charge in [-0.3, -0.25) is 9.69 Å². The second kappa shape index (κ2) is 8.79. The Bertz CT molecular complexity index is 669. The number of hydrogen-bond acceptors (Lipinski definition) is 4. The minimum Gasteiger partial charge on any atom is -0.468 e. The first kappa shape index (κ1) is 18.4. The summed E-state index contributed by atoms with van der Waals surface area (Å²) < 4.78 is 5.60. The van der Waals surface area contributed by atoms with E-state index in [-0.39, 0.29) is 17.2 Å². The third-order valence-electron chi connectivity index (χ3n) is 4.42. The Kier molecular flexibility index (Phi) is 6.45. The first-order valence-electron chi connectivity index (χ1n) is 8.61. The fourth-order valence-electron chi connectivity index (χ4n) is 3.06.